The molecule has 36 heavy (non-hydrogen) atoms. The lowest BCUT2D eigenvalue weighted by molar-refractivity contribution is -0.133. The highest BCUT2D eigenvalue weighted by atomic mass is 16.5. The van der Waals surface area contributed by atoms with Gasteiger partial charge in [-0.25, -0.2) is 14.6 Å². The quantitative estimate of drug-likeness (QED) is 0.277. The molecule has 0 spiro atoms. The van der Waals surface area contributed by atoms with Crippen molar-refractivity contribution in [2.75, 3.05) is 14.2 Å². The lowest BCUT2D eigenvalue weighted by Gasteiger charge is -2.23. The molecule has 1 aromatic heterocycles. The number of aliphatic hydroxyl groups is 1. The van der Waals surface area contributed by atoms with Gasteiger partial charge in [0.05, 0.1) is 14.2 Å². The van der Waals surface area contributed by atoms with Gasteiger partial charge in [-0.15, -0.1) is 0 Å². The van der Waals surface area contributed by atoms with E-state index in [2.05, 4.69) is 4.98 Å². The minimum Gasteiger partial charge on any atom is -0.506 e. The summed E-state index contributed by atoms with van der Waals surface area (Å²) in [6, 6.07) is 11.3. The van der Waals surface area contributed by atoms with E-state index in [1.807, 2.05) is 26.8 Å². The first-order chi connectivity index (χ1) is 17.2. The van der Waals surface area contributed by atoms with Gasteiger partial charge < -0.3 is 23.7 Å². The van der Waals surface area contributed by atoms with Crippen molar-refractivity contribution in [3.63, 3.8) is 0 Å². The molecule has 1 atom stereocenters. The van der Waals surface area contributed by atoms with Crippen molar-refractivity contribution in [3.05, 3.63) is 87.1 Å². The molecule has 0 radical (unpaired) electrons. The summed E-state index contributed by atoms with van der Waals surface area (Å²) >= 11 is 0. The van der Waals surface area contributed by atoms with Crippen molar-refractivity contribution in [1.29, 1.82) is 0 Å². The third-order valence-corrected chi connectivity index (χ3v) is 5.96. The predicted octanol–water partition coefficient (Wildman–Crippen LogP) is 5.43. The SMILES string of the molecule is COc1ccc(C(O)=C(C(=O)OC2=C(C)C=C(C)CC2C)c2nc3ccccc3oc2=O)cc1OC. The maximum atomic E-state index is 13.6. The number of aromatic nitrogens is 1. The third kappa shape index (κ3) is 4.75. The fourth-order valence-corrected chi connectivity index (χ4v) is 4.34. The zero-order chi connectivity index (χ0) is 26.0. The second kappa shape index (κ2) is 10.1. The highest BCUT2D eigenvalue weighted by Gasteiger charge is 2.30. The first-order valence-electron chi connectivity index (χ1n) is 11.4. The number of aliphatic hydroxyl groups excluding tert-OH is 1. The molecule has 0 aliphatic heterocycles. The molecule has 1 aliphatic rings. The number of methoxy groups -OCH3 is 2. The largest absolute Gasteiger partial charge is 0.506 e. The Balaban J connectivity index is 1.92. The van der Waals surface area contributed by atoms with Gasteiger partial charge in [0, 0.05) is 11.5 Å². The minimum absolute atomic E-state index is 0.0654. The van der Waals surface area contributed by atoms with Crippen LogP contribution in [0.3, 0.4) is 0 Å². The molecular weight excluding hydrogens is 462 g/mol. The first-order valence-corrected chi connectivity index (χ1v) is 11.4. The summed E-state index contributed by atoms with van der Waals surface area (Å²) in [6.07, 6.45) is 2.67. The standard InChI is InChI=1S/C28H27NO7/c1-15-12-16(2)26(17(3)13-15)36-27(31)23(24-28(32)35-20-9-7-6-8-19(20)29-24)25(30)18-10-11-21(33-4)22(14-18)34-5/h6-12,14,17,30H,13H2,1-5H3. The van der Waals surface area contributed by atoms with Gasteiger partial charge in [0.25, 0.3) is 0 Å². The zero-order valence-electron chi connectivity index (χ0n) is 20.7. The Hall–Kier alpha value is -4.33. The number of nitrogens with zero attached hydrogens (tertiary/aromatic N) is 1. The van der Waals surface area contributed by atoms with Crippen LogP contribution in [0.2, 0.25) is 0 Å². The summed E-state index contributed by atoms with van der Waals surface area (Å²) < 4.78 is 21.8. The summed E-state index contributed by atoms with van der Waals surface area (Å²) in [7, 11) is 2.93. The minimum atomic E-state index is -0.925. The average molecular weight is 490 g/mol. The van der Waals surface area contributed by atoms with E-state index in [1.54, 1.807) is 30.3 Å². The molecule has 1 heterocycles. The Labute approximate surface area is 208 Å². The van der Waals surface area contributed by atoms with Gasteiger partial charge in [0.1, 0.15) is 22.6 Å². The van der Waals surface area contributed by atoms with Crippen LogP contribution in [0.25, 0.3) is 22.4 Å². The van der Waals surface area contributed by atoms with Gasteiger partial charge >= 0.3 is 11.6 Å². The normalized spacial score (nSPS) is 16.4. The molecule has 0 bridgehead atoms. The molecule has 8 nitrogen and oxygen atoms in total. The summed E-state index contributed by atoms with van der Waals surface area (Å²) in [5.41, 5.74) is 1.10. The molecule has 3 aromatic rings. The lowest BCUT2D eigenvalue weighted by atomic mass is 9.91. The van der Waals surface area contributed by atoms with Crippen LogP contribution in [-0.2, 0) is 9.53 Å². The van der Waals surface area contributed by atoms with Crippen LogP contribution < -0.4 is 15.1 Å². The van der Waals surface area contributed by atoms with E-state index < -0.39 is 22.9 Å². The molecule has 2 aromatic carbocycles. The molecular formula is C28H27NO7. The molecule has 8 heteroatoms. The number of esters is 1. The number of benzene rings is 2. The van der Waals surface area contributed by atoms with Gasteiger partial charge in [-0.05, 0) is 56.2 Å². The Kier molecular flexibility index (Phi) is 6.96. The van der Waals surface area contributed by atoms with E-state index in [0.717, 1.165) is 12.0 Å². The number of rotatable bonds is 6. The fraction of sp³-hybridized carbons (Fsp3) is 0.250. The summed E-state index contributed by atoms with van der Waals surface area (Å²) in [4.78, 5) is 30.9. The number of fused-ring (bicyclic) bond motifs is 1. The Morgan fingerprint density at radius 3 is 2.50 bits per heavy atom. The van der Waals surface area contributed by atoms with Gasteiger partial charge in [-0.2, -0.15) is 0 Å². The number of carbonyl (C=O) groups excluding carboxylic acids is 1. The monoisotopic (exact) mass is 489 g/mol. The first kappa shape index (κ1) is 24.8. The lowest BCUT2D eigenvalue weighted by Crippen LogP contribution is -2.20. The van der Waals surface area contributed by atoms with Crippen LogP contribution in [0.1, 0.15) is 38.4 Å². The van der Waals surface area contributed by atoms with Crippen LogP contribution in [0.15, 0.2) is 74.7 Å². The number of para-hydroxylation sites is 2. The number of hydrogen-bond acceptors (Lipinski definition) is 8. The van der Waals surface area contributed by atoms with Gasteiger partial charge in [0.15, 0.2) is 22.8 Å². The van der Waals surface area contributed by atoms with Crippen molar-refractivity contribution < 1.29 is 28.5 Å². The predicted molar refractivity (Wildman–Crippen MR) is 136 cm³/mol. The van der Waals surface area contributed by atoms with E-state index in [0.29, 0.717) is 22.8 Å². The average Bonchev–Trinajstić information content (AvgIpc) is 2.86. The van der Waals surface area contributed by atoms with E-state index >= 15 is 0 Å². The van der Waals surface area contributed by atoms with E-state index in [4.69, 9.17) is 18.6 Å². The topological polar surface area (TPSA) is 108 Å². The molecule has 1 unspecified atom stereocenters. The molecule has 0 amide bonds. The summed E-state index contributed by atoms with van der Waals surface area (Å²) in [6.45, 7) is 5.81. The van der Waals surface area contributed by atoms with Crippen molar-refractivity contribution in [2.45, 2.75) is 27.2 Å². The molecule has 0 saturated heterocycles. The zero-order valence-corrected chi connectivity index (χ0v) is 20.7. The van der Waals surface area contributed by atoms with Gasteiger partial charge in [-0.3, -0.25) is 0 Å². The number of ether oxygens (including phenoxy) is 3. The van der Waals surface area contributed by atoms with Crippen molar-refractivity contribution in [3.8, 4) is 11.5 Å². The van der Waals surface area contributed by atoms with Gasteiger partial charge in [-0.1, -0.05) is 30.7 Å². The van der Waals surface area contributed by atoms with Gasteiger partial charge in [0.2, 0.25) is 0 Å². The van der Waals surface area contributed by atoms with Crippen molar-refractivity contribution >= 4 is 28.4 Å². The van der Waals surface area contributed by atoms with Crippen LogP contribution >= 0.6 is 0 Å². The number of carbonyl (C=O) groups is 1. The second-order valence-electron chi connectivity index (χ2n) is 8.64. The van der Waals surface area contributed by atoms with E-state index in [-0.39, 0.29) is 22.8 Å². The Morgan fingerprint density at radius 2 is 1.81 bits per heavy atom. The van der Waals surface area contributed by atoms with Crippen LogP contribution in [-0.4, -0.2) is 30.3 Å². The van der Waals surface area contributed by atoms with Crippen molar-refractivity contribution in [1.82, 2.24) is 4.98 Å². The van der Waals surface area contributed by atoms with E-state index in [9.17, 15) is 14.7 Å². The molecule has 1 aliphatic carbocycles. The van der Waals surface area contributed by atoms with Crippen LogP contribution in [0.5, 0.6) is 11.5 Å². The number of hydrogen-bond donors (Lipinski definition) is 1. The number of allylic oxidation sites excluding steroid dienone is 4. The summed E-state index contributed by atoms with van der Waals surface area (Å²) in [5, 5.41) is 11.3. The second-order valence-corrected chi connectivity index (χ2v) is 8.64. The molecule has 4 rings (SSSR count). The van der Waals surface area contributed by atoms with Crippen molar-refractivity contribution in [2.24, 2.45) is 5.92 Å². The van der Waals surface area contributed by atoms with E-state index in [1.165, 1.54) is 31.9 Å². The fourth-order valence-electron chi connectivity index (χ4n) is 4.34. The maximum absolute atomic E-state index is 13.6. The Morgan fingerprint density at radius 1 is 1.08 bits per heavy atom. The molecule has 0 saturated carbocycles. The highest BCUT2D eigenvalue weighted by Crippen LogP contribution is 2.35. The molecule has 186 valence electrons. The highest BCUT2D eigenvalue weighted by molar-refractivity contribution is 6.23. The van der Waals surface area contributed by atoms with Crippen LogP contribution in [0, 0.1) is 5.92 Å². The molecule has 1 N–H and O–H groups in total. The smallest absolute Gasteiger partial charge is 0.363 e. The van der Waals surface area contributed by atoms with Crippen LogP contribution in [0.4, 0.5) is 0 Å². The summed E-state index contributed by atoms with van der Waals surface area (Å²) in [5.74, 6) is -0.276. The third-order valence-electron chi connectivity index (χ3n) is 5.96. The Bertz CT molecular complexity index is 1490. The molecule has 0 fully saturated rings. The maximum Gasteiger partial charge on any atom is 0.363 e.